The van der Waals surface area contributed by atoms with Gasteiger partial charge < -0.3 is 9.42 Å². The van der Waals surface area contributed by atoms with Crippen molar-refractivity contribution in [3.8, 4) is 11.4 Å². The van der Waals surface area contributed by atoms with Crippen LogP contribution < -0.4 is 0 Å². The van der Waals surface area contributed by atoms with Gasteiger partial charge in [-0.05, 0) is 13.3 Å². The van der Waals surface area contributed by atoms with Gasteiger partial charge >= 0.3 is 0 Å². The van der Waals surface area contributed by atoms with E-state index in [4.69, 9.17) is 4.52 Å². The lowest BCUT2D eigenvalue weighted by Crippen LogP contribution is -2.26. The topological polar surface area (TPSA) is 72.1 Å². The number of carbonyl (C=O) groups is 1. The molecule has 0 spiro atoms. The third-order valence-corrected chi connectivity index (χ3v) is 4.46. The van der Waals surface area contributed by atoms with Crippen molar-refractivity contribution >= 4 is 5.91 Å². The molecule has 0 atom stereocenters. The van der Waals surface area contributed by atoms with Crippen LogP contribution in [0.2, 0.25) is 0 Å². The molecule has 0 unspecified atom stereocenters. The SMILES string of the molecule is CCc1noc(C)c1C(=O)N1Cc2cnc(-c3ccccc3)nc2C1. The predicted molar refractivity (Wildman–Crippen MR) is 91.7 cm³/mol. The van der Waals surface area contributed by atoms with E-state index in [9.17, 15) is 4.79 Å². The van der Waals surface area contributed by atoms with Crippen molar-refractivity contribution in [2.45, 2.75) is 33.4 Å². The molecule has 0 N–H and O–H groups in total. The highest BCUT2D eigenvalue weighted by atomic mass is 16.5. The van der Waals surface area contributed by atoms with Gasteiger partial charge in [-0.1, -0.05) is 42.4 Å². The van der Waals surface area contributed by atoms with Crippen molar-refractivity contribution < 1.29 is 9.32 Å². The standard InChI is InChI=1S/C19H18N4O2/c1-3-15-17(12(2)25-22-15)19(24)23-10-14-9-20-18(21-16(14)11-23)13-7-5-4-6-8-13/h4-9H,3,10-11H2,1-2H3. The lowest BCUT2D eigenvalue weighted by Gasteiger charge is -2.14. The summed E-state index contributed by atoms with van der Waals surface area (Å²) in [6.45, 7) is 4.72. The highest BCUT2D eigenvalue weighted by Gasteiger charge is 2.30. The van der Waals surface area contributed by atoms with Gasteiger partial charge in [0.1, 0.15) is 11.3 Å². The number of aryl methyl sites for hydroxylation is 2. The van der Waals surface area contributed by atoms with Crippen molar-refractivity contribution in [3.05, 3.63) is 64.8 Å². The fourth-order valence-electron chi connectivity index (χ4n) is 3.11. The molecule has 126 valence electrons. The minimum Gasteiger partial charge on any atom is -0.361 e. The van der Waals surface area contributed by atoms with Crippen LogP contribution in [-0.2, 0) is 19.5 Å². The third kappa shape index (κ3) is 2.69. The number of nitrogens with zero attached hydrogens (tertiary/aromatic N) is 4. The molecular formula is C19H18N4O2. The van der Waals surface area contributed by atoms with Crippen molar-refractivity contribution in [1.29, 1.82) is 0 Å². The van der Waals surface area contributed by atoms with E-state index in [1.165, 1.54) is 0 Å². The number of aromatic nitrogens is 3. The van der Waals surface area contributed by atoms with Crippen LogP contribution in [0.1, 0.15) is 40.0 Å². The zero-order valence-electron chi connectivity index (χ0n) is 14.2. The summed E-state index contributed by atoms with van der Waals surface area (Å²) in [6, 6.07) is 9.84. The van der Waals surface area contributed by atoms with Crippen LogP contribution in [0.5, 0.6) is 0 Å². The highest BCUT2D eigenvalue weighted by Crippen LogP contribution is 2.26. The number of carbonyl (C=O) groups excluding carboxylic acids is 1. The minimum atomic E-state index is -0.0603. The van der Waals surface area contributed by atoms with E-state index in [0.29, 0.717) is 42.4 Å². The maximum Gasteiger partial charge on any atom is 0.260 e. The molecule has 3 aromatic rings. The molecule has 0 saturated heterocycles. The maximum atomic E-state index is 12.9. The molecule has 2 aromatic heterocycles. The summed E-state index contributed by atoms with van der Waals surface area (Å²) in [5, 5.41) is 3.98. The van der Waals surface area contributed by atoms with E-state index in [1.54, 1.807) is 11.8 Å². The Balaban J connectivity index is 1.61. The lowest BCUT2D eigenvalue weighted by molar-refractivity contribution is 0.0747. The monoisotopic (exact) mass is 334 g/mol. The molecule has 0 radical (unpaired) electrons. The molecule has 4 rings (SSSR count). The molecule has 0 aliphatic carbocycles. The van der Waals surface area contributed by atoms with Crippen molar-refractivity contribution in [2.24, 2.45) is 0 Å². The lowest BCUT2D eigenvalue weighted by atomic mass is 10.1. The first-order valence-corrected chi connectivity index (χ1v) is 8.32. The summed E-state index contributed by atoms with van der Waals surface area (Å²) in [6.07, 6.45) is 2.48. The van der Waals surface area contributed by atoms with E-state index < -0.39 is 0 Å². The summed E-state index contributed by atoms with van der Waals surface area (Å²) in [7, 11) is 0. The van der Waals surface area contributed by atoms with Crippen molar-refractivity contribution in [1.82, 2.24) is 20.0 Å². The second-order valence-electron chi connectivity index (χ2n) is 6.11. The molecule has 1 amide bonds. The first-order chi connectivity index (χ1) is 12.2. The molecule has 1 aliphatic rings. The van der Waals surface area contributed by atoms with Crippen LogP contribution in [-0.4, -0.2) is 25.9 Å². The van der Waals surface area contributed by atoms with E-state index in [2.05, 4.69) is 15.1 Å². The maximum absolute atomic E-state index is 12.9. The Morgan fingerprint density at radius 2 is 2.04 bits per heavy atom. The Labute approximate surface area is 145 Å². The first-order valence-electron chi connectivity index (χ1n) is 8.32. The van der Waals surface area contributed by atoms with Gasteiger partial charge in [-0.3, -0.25) is 4.79 Å². The van der Waals surface area contributed by atoms with Gasteiger partial charge in [-0.15, -0.1) is 0 Å². The molecule has 0 saturated carbocycles. The van der Waals surface area contributed by atoms with Gasteiger partial charge in [0.2, 0.25) is 0 Å². The zero-order valence-corrected chi connectivity index (χ0v) is 14.2. The van der Waals surface area contributed by atoms with E-state index in [1.807, 2.05) is 43.5 Å². The fraction of sp³-hybridized carbons (Fsp3) is 0.263. The molecule has 6 nitrogen and oxygen atoms in total. The van der Waals surface area contributed by atoms with Crippen LogP contribution in [0, 0.1) is 6.92 Å². The number of hydrogen-bond acceptors (Lipinski definition) is 5. The van der Waals surface area contributed by atoms with E-state index in [-0.39, 0.29) is 5.91 Å². The molecule has 1 aliphatic heterocycles. The second kappa shape index (κ2) is 6.12. The Kier molecular flexibility index (Phi) is 3.80. The van der Waals surface area contributed by atoms with Crippen LogP contribution in [0.25, 0.3) is 11.4 Å². The van der Waals surface area contributed by atoms with E-state index in [0.717, 1.165) is 16.8 Å². The molecule has 0 bridgehead atoms. The van der Waals surface area contributed by atoms with Gasteiger partial charge in [0.25, 0.3) is 5.91 Å². The first kappa shape index (κ1) is 15.5. The molecule has 0 fully saturated rings. The molecule has 1 aromatic carbocycles. The average molecular weight is 334 g/mol. The van der Waals surface area contributed by atoms with E-state index >= 15 is 0 Å². The normalized spacial score (nSPS) is 13.1. The molecule has 25 heavy (non-hydrogen) atoms. The summed E-state index contributed by atoms with van der Waals surface area (Å²) in [5.41, 5.74) is 4.13. The molecule has 6 heteroatoms. The highest BCUT2D eigenvalue weighted by molar-refractivity contribution is 5.96. The van der Waals surface area contributed by atoms with Crippen molar-refractivity contribution in [3.63, 3.8) is 0 Å². The van der Waals surface area contributed by atoms with Crippen LogP contribution in [0.15, 0.2) is 41.1 Å². The molecular weight excluding hydrogens is 316 g/mol. The zero-order chi connectivity index (χ0) is 17.4. The number of benzene rings is 1. The van der Waals surface area contributed by atoms with Gasteiger partial charge in [0.05, 0.1) is 17.9 Å². The number of amides is 1. The average Bonchev–Trinajstić information content (AvgIpc) is 3.24. The Morgan fingerprint density at radius 1 is 1.24 bits per heavy atom. The van der Waals surface area contributed by atoms with Gasteiger partial charge in [0.15, 0.2) is 5.82 Å². The quantitative estimate of drug-likeness (QED) is 0.736. The Hall–Kier alpha value is -3.02. The predicted octanol–water partition coefficient (Wildman–Crippen LogP) is 3.16. The second-order valence-corrected chi connectivity index (χ2v) is 6.11. The van der Waals surface area contributed by atoms with Gasteiger partial charge in [-0.2, -0.15) is 0 Å². The number of hydrogen-bond donors (Lipinski definition) is 0. The third-order valence-electron chi connectivity index (χ3n) is 4.46. The fourth-order valence-corrected chi connectivity index (χ4v) is 3.11. The van der Waals surface area contributed by atoms with Crippen LogP contribution in [0.3, 0.4) is 0 Å². The number of rotatable bonds is 3. The number of fused-ring (bicyclic) bond motifs is 1. The minimum absolute atomic E-state index is 0.0603. The van der Waals surface area contributed by atoms with Crippen LogP contribution >= 0.6 is 0 Å². The largest absolute Gasteiger partial charge is 0.361 e. The Morgan fingerprint density at radius 3 is 2.80 bits per heavy atom. The van der Waals surface area contributed by atoms with Gasteiger partial charge in [0, 0.05) is 23.9 Å². The van der Waals surface area contributed by atoms with Crippen molar-refractivity contribution in [2.75, 3.05) is 0 Å². The van der Waals surface area contributed by atoms with Gasteiger partial charge in [-0.25, -0.2) is 9.97 Å². The summed E-state index contributed by atoms with van der Waals surface area (Å²) in [5.74, 6) is 1.19. The Bertz CT molecular complexity index is 934. The van der Waals surface area contributed by atoms with Crippen LogP contribution in [0.4, 0.5) is 0 Å². The smallest absolute Gasteiger partial charge is 0.260 e. The summed E-state index contributed by atoms with van der Waals surface area (Å²) < 4.78 is 5.20. The molecule has 3 heterocycles. The summed E-state index contributed by atoms with van der Waals surface area (Å²) >= 11 is 0. The summed E-state index contributed by atoms with van der Waals surface area (Å²) in [4.78, 5) is 23.8.